The second-order valence-corrected chi connectivity index (χ2v) is 6.67. The van der Waals surface area contributed by atoms with Crippen LogP contribution in [0, 0.1) is 0 Å². The predicted octanol–water partition coefficient (Wildman–Crippen LogP) is 5.15. The standard InChI is InChI=1S/C20H16ClF3N4O2/c1-2-17(29)26-13-4-3-5-14(10-13)27-19(30)16-11-25-28(18(16)20(22,23)24)15-8-6-12(21)7-9-15/h3-11H,2H2,1H3,(H,26,29)(H,27,30). The van der Waals surface area contributed by atoms with Gasteiger partial charge in [-0.2, -0.15) is 18.3 Å². The lowest BCUT2D eigenvalue weighted by atomic mass is 10.2. The molecule has 0 unspecified atom stereocenters. The fraction of sp³-hybridized carbons (Fsp3) is 0.150. The third-order valence-corrected chi connectivity index (χ3v) is 4.33. The Kier molecular flexibility index (Phi) is 6.12. The molecular formula is C20H16ClF3N4O2. The third kappa shape index (κ3) is 4.80. The molecule has 0 radical (unpaired) electrons. The van der Waals surface area contributed by atoms with E-state index in [0.29, 0.717) is 15.4 Å². The highest BCUT2D eigenvalue weighted by molar-refractivity contribution is 6.30. The number of alkyl halides is 3. The number of rotatable bonds is 5. The molecule has 3 aromatic rings. The van der Waals surface area contributed by atoms with Crippen molar-refractivity contribution >= 4 is 34.8 Å². The maximum Gasteiger partial charge on any atom is 0.434 e. The molecule has 10 heteroatoms. The van der Waals surface area contributed by atoms with E-state index in [-0.39, 0.29) is 23.7 Å². The minimum absolute atomic E-state index is 0.107. The first kappa shape index (κ1) is 21.4. The minimum atomic E-state index is -4.83. The predicted molar refractivity (Wildman–Crippen MR) is 107 cm³/mol. The van der Waals surface area contributed by atoms with Gasteiger partial charge in [-0.05, 0) is 42.5 Å². The van der Waals surface area contributed by atoms with E-state index in [1.807, 2.05) is 0 Å². The minimum Gasteiger partial charge on any atom is -0.326 e. The van der Waals surface area contributed by atoms with E-state index in [0.717, 1.165) is 6.20 Å². The van der Waals surface area contributed by atoms with Crippen LogP contribution in [0.15, 0.2) is 54.7 Å². The zero-order valence-corrected chi connectivity index (χ0v) is 16.4. The average molecular weight is 437 g/mol. The average Bonchev–Trinajstić information content (AvgIpc) is 3.14. The van der Waals surface area contributed by atoms with Gasteiger partial charge in [-0.25, -0.2) is 4.68 Å². The van der Waals surface area contributed by atoms with Crippen LogP contribution in [-0.4, -0.2) is 21.6 Å². The maximum atomic E-state index is 13.7. The Bertz CT molecular complexity index is 1080. The fourth-order valence-corrected chi connectivity index (χ4v) is 2.81. The van der Waals surface area contributed by atoms with Gasteiger partial charge in [0.25, 0.3) is 5.91 Å². The first-order valence-electron chi connectivity index (χ1n) is 8.81. The number of carbonyl (C=O) groups is 2. The number of hydrogen-bond acceptors (Lipinski definition) is 3. The van der Waals surface area contributed by atoms with Crippen molar-refractivity contribution in [3.63, 3.8) is 0 Å². The molecule has 0 aliphatic heterocycles. The van der Waals surface area contributed by atoms with E-state index in [1.165, 1.54) is 36.4 Å². The van der Waals surface area contributed by atoms with Crippen LogP contribution in [-0.2, 0) is 11.0 Å². The molecule has 3 rings (SSSR count). The number of nitrogens with zero attached hydrogens (tertiary/aromatic N) is 2. The van der Waals surface area contributed by atoms with Crippen LogP contribution in [0.2, 0.25) is 5.02 Å². The molecule has 30 heavy (non-hydrogen) atoms. The van der Waals surface area contributed by atoms with Gasteiger partial charge >= 0.3 is 6.18 Å². The molecule has 1 heterocycles. The van der Waals surface area contributed by atoms with E-state index >= 15 is 0 Å². The molecular weight excluding hydrogens is 421 g/mol. The second-order valence-electron chi connectivity index (χ2n) is 6.23. The Labute approximate surface area is 174 Å². The third-order valence-electron chi connectivity index (χ3n) is 4.08. The SMILES string of the molecule is CCC(=O)Nc1cccc(NC(=O)c2cnn(-c3ccc(Cl)cc3)c2C(F)(F)F)c1. The van der Waals surface area contributed by atoms with E-state index in [4.69, 9.17) is 11.6 Å². The monoisotopic (exact) mass is 436 g/mol. The summed E-state index contributed by atoms with van der Waals surface area (Å²) in [5, 5.41) is 9.13. The summed E-state index contributed by atoms with van der Waals surface area (Å²) in [5.41, 5.74) is -1.11. The van der Waals surface area contributed by atoms with Crippen molar-refractivity contribution in [3.05, 3.63) is 71.0 Å². The number of aromatic nitrogens is 2. The smallest absolute Gasteiger partial charge is 0.326 e. The topological polar surface area (TPSA) is 76.0 Å². The van der Waals surface area contributed by atoms with Crippen molar-refractivity contribution in [2.45, 2.75) is 19.5 Å². The summed E-state index contributed by atoms with van der Waals surface area (Å²) in [6.07, 6.45) is -3.72. The van der Waals surface area contributed by atoms with Crippen molar-refractivity contribution in [3.8, 4) is 5.69 Å². The summed E-state index contributed by atoms with van der Waals surface area (Å²) in [6, 6.07) is 11.7. The zero-order valence-electron chi connectivity index (χ0n) is 15.6. The zero-order chi connectivity index (χ0) is 21.9. The van der Waals surface area contributed by atoms with E-state index in [2.05, 4.69) is 15.7 Å². The van der Waals surface area contributed by atoms with Crippen LogP contribution in [0.1, 0.15) is 29.4 Å². The van der Waals surface area contributed by atoms with Gasteiger partial charge in [0.05, 0.1) is 17.4 Å². The number of amides is 2. The quantitative estimate of drug-likeness (QED) is 0.581. The Morgan fingerprint density at radius 2 is 1.70 bits per heavy atom. The Morgan fingerprint density at radius 1 is 1.07 bits per heavy atom. The number of nitrogens with one attached hydrogen (secondary N) is 2. The Morgan fingerprint density at radius 3 is 2.30 bits per heavy atom. The molecule has 156 valence electrons. The lowest BCUT2D eigenvalue weighted by molar-refractivity contribution is -0.143. The highest BCUT2D eigenvalue weighted by Crippen LogP contribution is 2.34. The molecule has 2 amide bonds. The van der Waals surface area contributed by atoms with E-state index in [9.17, 15) is 22.8 Å². The van der Waals surface area contributed by atoms with Gasteiger partial charge in [-0.1, -0.05) is 24.6 Å². The molecule has 0 spiro atoms. The van der Waals surface area contributed by atoms with Gasteiger partial charge in [0.1, 0.15) is 0 Å². The highest BCUT2D eigenvalue weighted by Gasteiger charge is 2.40. The van der Waals surface area contributed by atoms with Gasteiger partial charge < -0.3 is 10.6 Å². The first-order chi connectivity index (χ1) is 14.2. The van der Waals surface area contributed by atoms with Crippen molar-refractivity contribution in [1.29, 1.82) is 0 Å². The van der Waals surface area contributed by atoms with Crippen molar-refractivity contribution in [1.82, 2.24) is 9.78 Å². The molecule has 1 aromatic heterocycles. The van der Waals surface area contributed by atoms with Crippen LogP contribution < -0.4 is 10.6 Å². The van der Waals surface area contributed by atoms with Gasteiger partial charge in [-0.3, -0.25) is 9.59 Å². The summed E-state index contributed by atoms with van der Waals surface area (Å²) >= 11 is 5.79. The first-order valence-corrected chi connectivity index (χ1v) is 9.19. The number of halogens is 4. The summed E-state index contributed by atoms with van der Waals surface area (Å²) in [6.45, 7) is 1.68. The fourth-order valence-electron chi connectivity index (χ4n) is 2.69. The molecule has 2 aromatic carbocycles. The van der Waals surface area contributed by atoms with Crippen LogP contribution >= 0.6 is 11.6 Å². The maximum absolute atomic E-state index is 13.7. The van der Waals surface area contributed by atoms with Gasteiger partial charge in [0, 0.05) is 22.8 Å². The molecule has 0 saturated carbocycles. The largest absolute Gasteiger partial charge is 0.434 e. The van der Waals surface area contributed by atoms with Crippen molar-refractivity contribution < 1.29 is 22.8 Å². The molecule has 6 nitrogen and oxygen atoms in total. The lowest BCUT2D eigenvalue weighted by Crippen LogP contribution is -2.20. The summed E-state index contributed by atoms with van der Waals surface area (Å²) in [5.74, 6) is -1.22. The van der Waals surface area contributed by atoms with Crippen LogP contribution in [0.5, 0.6) is 0 Å². The Balaban J connectivity index is 1.92. The lowest BCUT2D eigenvalue weighted by Gasteiger charge is -2.13. The molecule has 0 aliphatic carbocycles. The van der Waals surface area contributed by atoms with E-state index in [1.54, 1.807) is 19.1 Å². The molecule has 0 atom stereocenters. The van der Waals surface area contributed by atoms with Crippen molar-refractivity contribution in [2.75, 3.05) is 10.6 Å². The van der Waals surface area contributed by atoms with Crippen LogP contribution in [0.25, 0.3) is 5.69 Å². The normalized spacial score (nSPS) is 11.2. The van der Waals surface area contributed by atoms with Gasteiger partial charge in [0.15, 0.2) is 5.69 Å². The van der Waals surface area contributed by atoms with Crippen LogP contribution in [0.3, 0.4) is 0 Å². The number of benzene rings is 2. The molecule has 0 aliphatic rings. The van der Waals surface area contributed by atoms with Crippen molar-refractivity contribution in [2.24, 2.45) is 0 Å². The number of carbonyl (C=O) groups excluding carboxylic acids is 2. The summed E-state index contributed by atoms with van der Waals surface area (Å²) in [7, 11) is 0. The number of anilines is 2. The Hall–Kier alpha value is -3.33. The highest BCUT2D eigenvalue weighted by atomic mass is 35.5. The summed E-state index contributed by atoms with van der Waals surface area (Å²) in [4.78, 5) is 24.1. The molecule has 0 saturated heterocycles. The molecule has 2 N–H and O–H groups in total. The van der Waals surface area contributed by atoms with E-state index < -0.39 is 23.3 Å². The molecule has 0 fully saturated rings. The van der Waals surface area contributed by atoms with Gasteiger partial charge in [-0.15, -0.1) is 0 Å². The van der Waals surface area contributed by atoms with Crippen LogP contribution in [0.4, 0.5) is 24.5 Å². The summed E-state index contributed by atoms with van der Waals surface area (Å²) < 4.78 is 41.9. The number of hydrogen-bond donors (Lipinski definition) is 2. The second kappa shape index (κ2) is 8.58. The molecule has 0 bridgehead atoms. The van der Waals surface area contributed by atoms with Gasteiger partial charge in [0.2, 0.25) is 5.91 Å².